The fraction of sp³-hybridized carbons (Fsp3) is 0.467. The molecule has 0 bridgehead atoms. The molecule has 0 unspecified atom stereocenters. The second-order valence-corrected chi connectivity index (χ2v) is 5.52. The molecule has 21 heavy (non-hydrogen) atoms. The number of rotatable bonds is 9. The number of benzene rings is 1. The molecule has 0 fully saturated rings. The van der Waals surface area contributed by atoms with E-state index in [-0.39, 0.29) is 18.9 Å². The Kier molecular flexibility index (Phi) is 7.85. The van der Waals surface area contributed by atoms with Crippen molar-refractivity contribution >= 4 is 29.3 Å². The number of amides is 1. The second-order valence-electron chi connectivity index (χ2n) is 4.67. The van der Waals surface area contributed by atoms with Gasteiger partial charge in [0.2, 0.25) is 5.91 Å². The summed E-state index contributed by atoms with van der Waals surface area (Å²) >= 11 is 1.58. The zero-order valence-electron chi connectivity index (χ0n) is 12.5. The lowest BCUT2D eigenvalue weighted by atomic mass is 10.3. The van der Waals surface area contributed by atoms with Crippen LogP contribution in [0.1, 0.15) is 19.8 Å². The van der Waals surface area contributed by atoms with E-state index in [1.807, 2.05) is 37.4 Å². The fourth-order valence-electron chi connectivity index (χ4n) is 2.00. The maximum atomic E-state index is 12.0. The monoisotopic (exact) mass is 310 g/mol. The van der Waals surface area contributed by atoms with E-state index < -0.39 is 5.97 Å². The number of thioether (sulfide) groups is 1. The molecule has 2 N–H and O–H groups in total. The number of carboxylic acid groups (broad SMARTS) is 1. The van der Waals surface area contributed by atoms with Crippen LogP contribution in [0.2, 0.25) is 0 Å². The van der Waals surface area contributed by atoms with E-state index in [9.17, 15) is 9.59 Å². The Morgan fingerprint density at radius 3 is 2.62 bits per heavy atom. The predicted octanol–water partition coefficient (Wildman–Crippen LogP) is 2.53. The first kappa shape index (κ1) is 17.5. The van der Waals surface area contributed by atoms with E-state index in [4.69, 9.17) is 5.11 Å². The number of aliphatic carboxylic acids is 1. The van der Waals surface area contributed by atoms with Gasteiger partial charge in [-0.3, -0.25) is 14.5 Å². The first-order chi connectivity index (χ1) is 10.1. The molecule has 1 aromatic carbocycles. The minimum Gasteiger partial charge on any atom is -0.480 e. The molecule has 0 atom stereocenters. The zero-order valence-corrected chi connectivity index (χ0v) is 13.3. The average molecular weight is 310 g/mol. The molecule has 0 saturated carbocycles. The Morgan fingerprint density at radius 1 is 1.29 bits per heavy atom. The lowest BCUT2D eigenvalue weighted by Crippen LogP contribution is -2.33. The summed E-state index contributed by atoms with van der Waals surface area (Å²) in [5.41, 5.74) is 0.801. The standard InChI is InChI=1S/C15H22N2O3S/c1-3-9-17(11-15(19)20)10-8-14(18)16-12-6-4-5-7-13(12)21-2/h4-7H,3,8-11H2,1-2H3,(H,16,18)(H,19,20). The Balaban J connectivity index is 2.50. The lowest BCUT2D eigenvalue weighted by Gasteiger charge is -2.19. The quantitative estimate of drug-likeness (QED) is 0.686. The highest BCUT2D eigenvalue weighted by atomic mass is 32.2. The number of nitrogens with zero attached hydrogens (tertiary/aromatic N) is 1. The molecular formula is C15H22N2O3S. The predicted molar refractivity (Wildman–Crippen MR) is 85.8 cm³/mol. The third-order valence-corrected chi connectivity index (χ3v) is 3.73. The van der Waals surface area contributed by atoms with Crippen molar-refractivity contribution in [2.24, 2.45) is 0 Å². The Hall–Kier alpha value is -1.53. The number of carbonyl (C=O) groups is 2. The van der Waals surface area contributed by atoms with Crippen LogP contribution in [0, 0.1) is 0 Å². The van der Waals surface area contributed by atoms with Crippen LogP contribution in [0.4, 0.5) is 5.69 Å². The highest BCUT2D eigenvalue weighted by molar-refractivity contribution is 7.98. The number of carboxylic acids is 1. The second kappa shape index (κ2) is 9.41. The summed E-state index contributed by atoms with van der Waals surface area (Å²) in [6.07, 6.45) is 3.11. The Bertz CT molecular complexity index is 480. The van der Waals surface area contributed by atoms with Crippen molar-refractivity contribution in [2.75, 3.05) is 31.2 Å². The van der Waals surface area contributed by atoms with Gasteiger partial charge in [0.25, 0.3) is 0 Å². The first-order valence-corrected chi connectivity index (χ1v) is 8.16. The van der Waals surface area contributed by atoms with Crippen LogP contribution in [-0.4, -0.2) is 47.8 Å². The maximum Gasteiger partial charge on any atom is 0.317 e. The Morgan fingerprint density at radius 2 is 2.00 bits per heavy atom. The van der Waals surface area contributed by atoms with Crippen molar-refractivity contribution in [1.82, 2.24) is 4.90 Å². The summed E-state index contributed by atoms with van der Waals surface area (Å²) in [4.78, 5) is 25.5. The molecule has 0 aliphatic rings. The van der Waals surface area contributed by atoms with Crippen molar-refractivity contribution in [3.63, 3.8) is 0 Å². The van der Waals surface area contributed by atoms with Gasteiger partial charge < -0.3 is 10.4 Å². The molecule has 6 heteroatoms. The van der Waals surface area contributed by atoms with Crippen LogP contribution in [0.15, 0.2) is 29.2 Å². The molecule has 0 aliphatic heterocycles. The van der Waals surface area contributed by atoms with E-state index in [2.05, 4.69) is 5.32 Å². The smallest absolute Gasteiger partial charge is 0.317 e. The third kappa shape index (κ3) is 6.64. The molecule has 0 radical (unpaired) electrons. The van der Waals surface area contributed by atoms with Crippen molar-refractivity contribution in [1.29, 1.82) is 0 Å². The summed E-state index contributed by atoms with van der Waals surface area (Å²) in [5, 5.41) is 11.7. The number of hydrogen-bond donors (Lipinski definition) is 2. The molecule has 1 aromatic rings. The number of hydrogen-bond acceptors (Lipinski definition) is 4. The maximum absolute atomic E-state index is 12.0. The van der Waals surface area contributed by atoms with Gasteiger partial charge in [0, 0.05) is 17.9 Å². The summed E-state index contributed by atoms with van der Waals surface area (Å²) < 4.78 is 0. The van der Waals surface area contributed by atoms with Crippen LogP contribution >= 0.6 is 11.8 Å². The van der Waals surface area contributed by atoms with Crippen molar-refractivity contribution in [3.05, 3.63) is 24.3 Å². The van der Waals surface area contributed by atoms with E-state index >= 15 is 0 Å². The van der Waals surface area contributed by atoms with Crippen LogP contribution in [-0.2, 0) is 9.59 Å². The molecule has 0 aromatic heterocycles. The largest absolute Gasteiger partial charge is 0.480 e. The van der Waals surface area contributed by atoms with E-state index in [1.165, 1.54) is 0 Å². The zero-order chi connectivity index (χ0) is 15.7. The molecule has 5 nitrogen and oxygen atoms in total. The van der Waals surface area contributed by atoms with E-state index in [0.29, 0.717) is 13.1 Å². The van der Waals surface area contributed by atoms with Gasteiger partial charge in [-0.15, -0.1) is 11.8 Å². The summed E-state index contributed by atoms with van der Waals surface area (Å²) in [6.45, 7) is 3.10. The molecule has 1 amide bonds. The Labute approximate surface area is 129 Å². The number of para-hydroxylation sites is 1. The van der Waals surface area contributed by atoms with Crippen molar-refractivity contribution in [2.45, 2.75) is 24.7 Å². The lowest BCUT2D eigenvalue weighted by molar-refractivity contribution is -0.138. The fourth-order valence-corrected chi connectivity index (χ4v) is 2.55. The first-order valence-electron chi connectivity index (χ1n) is 6.93. The van der Waals surface area contributed by atoms with Gasteiger partial charge in [-0.2, -0.15) is 0 Å². The number of carbonyl (C=O) groups excluding carboxylic acids is 1. The molecule has 0 saturated heterocycles. The van der Waals surface area contributed by atoms with Gasteiger partial charge in [0.05, 0.1) is 12.2 Å². The van der Waals surface area contributed by atoms with Crippen LogP contribution < -0.4 is 5.32 Å². The summed E-state index contributed by atoms with van der Waals surface area (Å²) in [6, 6.07) is 7.62. The van der Waals surface area contributed by atoms with Gasteiger partial charge in [-0.25, -0.2) is 0 Å². The van der Waals surface area contributed by atoms with E-state index in [0.717, 1.165) is 17.0 Å². The number of anilines is 1. The van der Waals surface area contributed by atoms with Gasteiger partial charge in [0.15, 0.2) is 0 Å². The molecule has 0 aliphatic carbocycles. The van der Waals surface area contributed by atoms with Gasteiger partial charge in [0.1, 0.15) is 0 Å². The van der Waals surface area contributed by atoms with Crippen LogP contribution in [0.25, 0.3) is 0 Å². The third-order valence-electron chi connectivity index (χ3n) is 2.93. The SMILES string of the molecule is CCCN(CCC(=O)Nc1ccccc1SC)CC(=O)O. The summed E-state index contributed by atoms with van der Waals surface area (Å²) in [7, 11) is 0. The van der Waals surface area contributed by atoms with Crippen molar-refractivity contribution < 1.29 is 14.7 Å². The molecule has 0 heterocycles. The molecule has 0 spiro atoms. The highest BCUT2D eigenvalue weighted by Gasteiger charge is 2.12. The minimum atomic E-state index is -0.864. The average Bonchev–Trinajstić information content (AvgIpc) is 2.45. The normalized spacial score (nSPS) is 10.6. The van der Waals surface area contributed by atoms with Gasteiger partial charge in [-0.05, 0) is 31.4 Å². The number of nitrogens with one attached hydrogen (secondary N) is 1. The molecule has 116 valence electrons. The van der Waals surface area contributed by atoms with Gasteiger partial charge >= 0.3 is 5.97 Å². The topological polar surface area (TPSA) is 69.6 Å². The highest BCUT2D eigenvalue weighted by Crippen LogP contribution is 2.24. The van der Waals surface area contributed by atoms with Crippen LogP contribution in [0.5, 0.6) is 0 Å². The van der Waals surface area contributed by atoms with Crippen molar-refractivity contribution in [3.8, 4) is 0 Å². The van der Waals surface area contributed by atoms with Crippen LogP contribution in [0.3, 0.4) is 0 Å². The summed E-state index contributed by atoms with van der Waals surface area (Å²) in [5.74, 6) is -0.959. The molecule has 1 rings (SSSR count). The molecular weight excluding hydrogens is 288 g/mol. The minimum absolute atomic E-state index is 0.0253. The van der Waals surface area contributed by atoms with Gasteiger partial charge in [-0.1, -0.05) is 19.1 Å². The van der Waals surface area contributed by atoms with E-state index in [1.54, 1.807) is 16.7 Å².